The molecule has 2 unspecified atom stereocenters. The molecule has 0 aliphatic carbocycles. The number of benzene rings is 2. The van der Waals surface area contributed by atoms with E-state index >= 15 is 0 Å². The summed E-state index contributed by atoms with van der Waals surface area (Å²) in [4.78, 5) is 15.8. The van der Waals surface area contributed by atoms with E-state index in [4.69, 9.17) is 9.47 Å². The highest BCUT2D eigenvalue weighted by Gasteiger charge is 2.45. The Kier molecular flexibility index (Phi) is 5.28. The van der Waals surface area contributed by atoms with Crippen LogP contribution in [0.25, 0.3) is 0 Å². The Labute approximate surface area is 161 Å². The molecule has 0 bridgehead atoms. The molecule has 0 aromatic heterocycles. The van der Waals surface area contributed by atoms with E-state index in [1.165, 1.54) is 0 Å². The molecule has 0 N–H and O–H groups in total. The number of carbonyl (C=O) groups is 1. The van der Waals surface area contributed by atoms with Crippen molar-refractivity contribution in [3.8, 4) is 0 Å². The molecule has 4 heteroatoms. The Bertz CT molecular complexity index is 756. The van der Waals surface area contributed by atoms with Gasteiger partial charge in [0.15, 0.2) is 0 Å². The quantitative estimate of drug-likeness (QED) is 0.832. The number of amides is 1. The molecule has 2 aromatic rings. The van der Waals surface area contributed by atoms with Crippen molar-refractivity contribution >= 4 is 5.91 Å². The minimum Gasteiger partial charge on any atom is -0.381 e. The molecule has 2 aliphatic rings. The maximum Gasteiger partial charge on any atom is 0.233 e. The van der Waals surface area contributed by atoms with Crippen LogP contribution in [0.5, 0.6) is 0 Å². The third-order valence-corrected chi connectivity index (χ3v) is 5.80. The Morgan fingerprint density at radius 1 is 0.963 bits per heavy atom. The van der Waals surface area contributed by atoms with Gasteiger partial charge in [0.1, 0.15) is 6.10 Å². The van der Waals surface area contributed by atoms with Crippen LogP contribution in [-0.2, 0) is 19.7 Å². The van der Waals surface area contributed by atoms with Crippen LogP contribution < -0.4 is 0 Å². The second-order valence-electron chi connectivity index (χ2n) is 7.62. The Morgan fingerprint density at radius 2 is 1.59 bits per heavy atom. The van der Waals surface area contributed by atoms with Crippen molar-refractivity contribution in [3.63, 3.8) is 0 Å². The van der Waals surface area contributed by atoms with Crippen molar-refractivity contribution in [1.82, 2.24) is 4.90 Å². The monoisotopic (exact) mass is 365 g/mol. The first kappa shape index (κ1) is 18.2. The molecular weight excluding hydrogens is 338 g/mol. The van der Waals surface area contributed by atoms with Crippen molar-refractivity contribution in [2.75, 3.05) is 26.3 Å². The predicted molar refractivity (Wildman–Crippen MR) is 104 cm³/mol. The number of morpholine rings is 1. The maximum absolute atomic E-state index is 13.8. The van der Waals surface area contributed by atoms with E-state index < -0.39 is 5.41 Å². The molecular formula is C23H27NO3. The summed E-state index contributed by atoms with van der Waals surface area (Å²) < 4.78 is 11.8. The molecule has 142 valence electrons. The molecule has 0 radical (unpaired) electrons. The lowest BCUT2D eigenvalue weighted by Crippen LogP contribution is -2.55. The van der Waals surface area contributed by atoms with E-state index in [1.54, 1.807) is 0 Å². The molecule has 4 nitrogen and oxygen atoms in total. The molecule has 1 amide bonds. The van der Waals surface area contributed by atoms with Gasteiger partial charge in [-0.05, 0) is 30.9 Å². The van der Waals surface area contributed by atoms with Crippen molar-refractivity contribution in [1.29, 1.82) is 0 Å². The summed E-state index contributed by atoms with van der Waals surface area (Å²) >= 11 is 0. The summed E-state index contributed by atoms with van der Waals surface area (Å²) in [6, 6.07) is 20.4. The van der Waals surface area contributed by atoms with Gasteiger partial charge in [0.25, 0.3) is 0 Å². The third-order valence-electron chi connectivity index (χ3n) is 5.80. The average Bonchev–Trinajstić information content (AvgIpc) is 2.74. The summed E-state index contributed by atoms with van der Waals surface area (Å²) in [6.45, 7) is 4.54. The van der Waals surface area contributed by atoms with E-state index in [0.29, 0.717) is 26.3 Å². The first-order valence-electron chi connectivity index (χ1n) is 9.82. The number of hydrogen-bond donors (Lipinski definition) is 0. The molecule has 0 spiro atoms. The van der Waals surface area contributed by atoms with Gasteiger partial charge in [-0.25, -0.2) is 0 Å². The van der Waals surface area contributed by atoms with Crippen molar-refractivity contribution < 1.29 is 14.3 Å². The van der Waals surface area contributed by atoms with Crippen molar-refractivity contribution in [2.24, 2.45) is 0 Å². The zero-order chi connectivity index (χ0) is 18.7. The SMILES string of the molecule is CC1CN(C(=O)C2(c3ccccc3)CCOCC2)CC(c2ccccc2)O1. The van der Waals surface area contributed by atoms with Crippen LogP contribution >= 0.6 is 0 Å². The van der Waals surface area contributed by atoms with Gasteiger partial charge in [0.2, 0.25) is 5.91 Å². The lowest BCUT2D eigenvalue weighted by Gasteiger charge is -2.44. The Morgan fingerprint density at radius 3 is 2.26 bits per heavy atom. The minimum absolute atomic E-state index is 0.0144. The highest BCUT2D eigenvalue weighted by Crippen LogP contribution is 2.38. The van der Waals surface area contributed by atoms with E-state index in [1.807, 2.05) is 41.3 Å². The maximum atomic E-state index is 13.8. The molecule has 4 rings (SSSR count). The first-order chi connectivity index (χ1) is 13.2. The van der Waals surface area contributed by atoms with Crippen LogP contribution in [0.2, 0.25) is 0 Å². The smallest absolute Gasteiger partial charge is 0.233 e. The van der Waals surface area contributed by atoms with Crippen molar-refractivity contribution in [3.05, 3.63) is 71.8 Å². The normalized spacial score (nSPS) is 25.1. The fourth-order valence-electron chi connectivity index (χ4n) is 4.37. The zero-order valence-electron chi connectivity index (χ0n) is 15.8. The van der Waals surface area contributed by atoms with Gasteiger partial charge in [-0.2, -0.15) is 0 Å². The Balaban J connectivity index is 1.63. The number of rotatable bonds is 3. The molecule has 0 saturated carbocycles. The molecule has 2 aliphatic heterocycles. The number of hydrogen-bond acceptors (Lipinski definition) is 3. The summed E-state index contributed by atoms with van der Waals surface area (Å²) in [5.41, 5.74) is 1.74. The highest BCUT2D eigenvalue weighted by molar-refractivity contribution is 5.88. The lowest BCUT2D eigenvalue weighted by molar-refractivity contribution is -0.154. The van der Waals surface area contributed by atoms with Gasteiger partial charge in [-0.1, -0.05) is 60.7 Å². The molecule has 2 aromatic carbocycles. The highest BCUT2D eigenvalue weighted by atomic mass is 16.5. The van der Waals surface area contributed by atoms with E-state index in [-0.39, 0.29) is 18.1 Å². The Hall–Kier alpha value is -2.17. The summed E-state index contributed by atoms with van der Waals surface area (Å²) in [5, 5.41) is 0. The molecule has 27 heavy (non-hydrogen) atoms. The van der Waals surface area contributed by atoms with Gasteiger partial charge >= 0.3 is 0 Å². The molecule has 2 atom stereocenters. The number of nitrogens with zero attached hydrogens (tertiary/aromatic N) is 1. The van der Waals surface area contributed by atoms with E-state index in [2.05, 4.69) is 31.2 Å². The second kappa shape index (κ2) is 7.83. The summed E-state index contributed by atoms with van der Waals surface area (Å²) in [7, 11) is 0. The van der Waals surface area contributed by atoms with E-state index in [9.17, 15) is 4.79 Å². The van der Waals surface area contributed by atoms with Gasteiger partial charge in [-0.15, -0.1) is 0 Å². The van der Waals surface area contributed by atoms with Crippen molar-refractivity contribution in [2.45, 2.75) is 37.4 Å². The molecule has 2 heterocycles. The molecule has 2 saturated heterocycles. The van der Waals surface area contributed by atoms with Gasteiger partial charge in [0, 0.05) is 19.8 Å². The van der Waals surface area contributed by atoms with Crippen LogP contribution in [0.15, 0.2) is 60.7 Å². The molecule has 2 fully saturated rings. The van der Waals surface area contributed by atoms with Crippen LogP contribution in [0, 0.1) is 0 Å². The van der Waals surface area contributed by atoms with Crippen LogP contribution in [0.3, 0.4) is 0 Å². The zero-order valence-corrected chi connectivity index (χ0v) is 15.8. The van der Waals surface area contributed by atoms with Crippen LogP contribution in [0.4, 0.5) is 0 Å². The fraction of sp³-hybridized carbons (Fsp3) is 0.435. The first-order valence-corrected chi connectivity index (χ1v) is 9.82. The lowest BCUT2D eigenvalue weighted by atomic mass is 9.72. The predicted octanol–water partition coefficient (Wildman–Crippen LogP) is 3.72. The minimum atomic E-state index is -0.488. The average molecular weight is 365 g/mol. The number of ether oxygens (including phenoxy) is 2. The van der Waals surface area contributed by atoms with Gasteiger partial charge in [-0.3, -0.25) is 4.79 Å². The number of carbonyl (C=O) groups excluding carboxylic acids is 1. The summed E-state index contributed by atoms with van der Waals surface area (Å²) in [5.74, 6) is 0.216. The van der Waals surface area contributed by atoms with Crippen LogP contribution in [-0.4, -0.2) is 43.2 Å². The van der Waals surface area contributed by atoms with Crippen LogP contribution in [0.1, 0.15) is 37.0 Å². The van der Waals surface area contributed by atoms with E-state index in [0.717, 1.165) is 24.0 Å². The fourth-order valence-corrected chi connectivity index (χ4v) is 4.37. The third kappa shape index (κ3) is 3.64. The summed E-state index contributed by atoms with van der Waals surface area (Å²) in [6.07, 6.45) is 1.40. The largest absolute Gasteiger partial charge is 0.381 e. The second-order valence-corrected chi connectivity index (χ2v) is 7.62. The van der Waals surface area contributed by atoms with Gasteiger partial charge in [0.05, 0.1) is 18.1 Å². The standard InChI is InChI=1S/C23H27NO3/c1-18-16-24(17-21(27-18)19-8-4-2-5-9-19)22(25)23(12-14-26-15-13-23)20-10-6-3-7-11-20/h2-11,18,21H,12-17H2,1H3. The topological polar surface area (TPSA) is 38.8 Å². The van der Waals surface area contributed by atoms with Gasteiger partial charge < -0.3 is 14.4 Å².